The summed E-state index contributed by atoms with van der Waals surface area (Å²) in [6.45, 7) is 8.80. The van der Waals surface area contributed by atoms with E-state index in [0.29, 0.717) is 22.5 Å². The summed E-state index contributed by atoms with van der Waals surface area (Å²) >= 11 is 0. The van der Waals surface area contributed by atoms with Crippen LogP contribution in [-0.2, 0) is 24.5 Å². The molecule has 0 unspecified atom stereocenters. The molecule has 2 heterocycles. The van der Waals surface area contributed by atoms with Crippen molar-refractivity contribution in [3.05, 3.63) is 23.5 Å². The molecule has 158 valence electrons. The van der Waals surface area contributed by atoms with Gasteiger partial charge in [-0.05, 0) is 20.8 Å². The molecule has 9 nitrogen and oxygen atoms in total. The van der Waals surface area contributed by atoms with E-state index in [1.54, 1.807) is 46.8 Å². The molecular weight excluding hydrogens is 399 g/mol. The summed E-state index contributed by atoms with van der Waals surface area (Å²) in [5.41, 5.74) is 0.220. The predicted molar refractivity (Wildman–Crippen MR) is 105 cm³/mol. The number of aromatic nitrogens is 2. The number of carbonyl (C=O) groups is 1. The van der Waals surface area contributed by atoms with Gasteiger partial charge in [0.25, 0.3) is 0 Å². The zero-order chi connectivity index (χ0) is 21.6. The van der Waals surface area contributed by atoms with E-state index in [1.807, 2.05) is 0 Å². The van der Waals surface area contributed by atoms with Gasteiger partial charge in [0.05, 0.1) is 22.9 Å². The summed E-state index contributed by atoms with van der Waals surface area (Å²) in [7, 11) is -0.962. The van der Waals surface area contributed by atoms with E-state index >= 15 is 0 Å². The first-order valence-electron chi connectivity index (χ1n) is 9.01. The summed E-state index contributed by atoms with van der Waals surface area (Å²) in [6, 6.07) is 3.32. The molecule has 0 radical (unpaired) electrons. The molecule has 0 saturated carbocycles. The maximum atomic E-state index is 12.8. The molecule has 0 fully saturated rings. The lowest BCUT2D eigenvalue weighted by molar-refractivity contribution is -0.0431. The van der Waals surface area contributed by atoms with Crippen molar-refractivity contribution in [2.24, 2.45) is 0 Å². The van der Waals surface area contributed by atoms with E-state index in [2.05, 4.69) is 9.97 Å². The molecule has 1 aliphatic rings. The van der Waals surface area contributed by atoms with Crippen LogP contribution in [0, 0.1) is 0 Å². The molecule has 29 heavy (non-hydrogen) atoms. The van der Waals surface area contributed by atoms with E-state index in [9.17, 15) is 9.36 Å². The summed E-state index contributed by atoms with van der Waals surface area (Å²) in [6.07, 6.45) is -0.239. The van der Waals surface area contributed by atoms with Crippen molar-refractivity contribution >= 4 is 24.6 Å². The van der Waals surface area contributed by atoms with Crippen LogP contribution in [-0.4, -0.2) is 41.5 Å². The van der Waals surface area contributed by atoms with Gasteiger partial charge in [-0.25, -0.2) is 14.8 Å². The summed E-state index contributed by atoms with van der Waals surface area (Å²) in [5, 5.41) is 0. The fraction of sp³-hybridized carbons (Fsp3) is 0.526. The van der Waals surface area contributed by atoms with Crippen LogP contribution < -0.4 is 9.47 Å². The van der Waals surface area contributed by atoms with E-state index in [0.717, 1.165) is 0 Å². The molecule has 0 amide bonds. The van der Waals surface area contributed by atoms with Crippen LogP contribution >= 0.6 is 7.60 Å². The molecule has 0 N–H and O–H groups in total. The lowest BCUT2D eigenvalue weighted by atomic mass is 10.2. The van der Waals surface area contributed by atoms with Crippen molar-refractivity contribution in [1.29, 1.82) is 0 Å². The van der Waals surface area contributed by atoms with Gasteiger partial charge in [0.15, 0.2) is 17.2 Å². The Labute approximate surface area is 169 Å². The number of esters is 1. The zero-order valence-electron chi connectivity index (χ0n) is 17.6. The number of rotatable bonds is 5. The Morgan fingerprint density at radius 3 is 2.07 bits per heavy atom. The lowest BCUT2D eigenvalue weighted by Crippen LogP contribution is -2.29. The van der Waals surface area contributed by atoms with E-state index in [-0.39, 0.29) is 17.5 Å². The van der Waals surface area contributed by atoms with Gasteiger partial charge in [-0.15, -0.1) is 0 Å². The van der Waals surface area contributed by atoms with Crippen LogP contribution in [0.4, 0.5) is 0 Å². The third-order valence-corrected chi connectivity index (χ3v) is 5.80. The number of nitrogens with zero attached hydrogens (tertiary/aromatic N) is 2. The Balaban J connectivity index is 2.14. The topological polar surface area (TPSA) is 106 Å². The first-order chi connectivity index (χ1) is 13.3. The standard InChI is InChI=1S/C19H25N2O7P/c1-18(2,3)28-17(22)16-13(10-29(23,24-6)25-7)20-11-8-14-15(9-12(11)21-16)27-19(4,5)26-14/h8-9H,10H2,1-7H3. The second-order valence-electron chi connectivity index (χ2n) is 8.05. The Bertz CT molecular complexity index is 1010. The number of benzene rings is 1. The van der Waals surface area contributed by atoms with Crippen LogP contribution in [0.15, 0.2) is 12.1 Å². The third-order valence-electron chi connectivity index (χ3n) is 4.01. The summed E-state index contributed by atoms with van der Waals surface area (Å²) in [4.78, 5) is 21.7. The average molecular weight is 424 g/mol. The van der Waals surface area contributed by atoms with Crippen molar-refractivity contribution < 1.29 is 32.6 Å². The van der Waals surface area contributed by atoms with Crippen molar-refractivity contribution in [3.63, 3.8) is 0 Å². The molecule has 0 atom stereocenters. The van der Waals surface area contributed by atoms with Gasteiger partial charge in [0.2, 0.25) is 5.79 Å². The van der Waals surface area contributed by atoms with Gasteiger partial charge in [0.1, 0.15) is 5.60 Å². The number of carbonyl (C=O) groups excluding carboxylic acids is 1. The predicted octanol–water partition coefficient (Wildman–Crippen LogP) is 4.08. The van der Waals surface area contributed by atoms with E-state index in [1.165, 1.54) is 14.2 Å². The van der Waals surface area contributed by atoms with Gasteiger partial charge in [-0.2, -0.15) is 0 Å². The normalized spacial score (nSPS) is 15.6. The van der Waals surface area contributed by atoms with E-state index in [4.69, 9.17) is 23.3 Å². The zero-order valence-corrected chi connectivity index (χ0v) is 18.5. The smallest absolute Gasteiger partial charge is 0.359 e. The average Bonchev–Trinajstić information content (AvgIpc) is 2.90. The number of fused-ring (bicyclic) bond motifs is 2. The minimum Gasteiger partial charge on any atom is -0.455 e. The second kappa shape index (κ2) is 7.23. The van der Waals surface area contributed by atoms with Gasteiger partial charge in [-0.3, -0.25) is 4.57 Å². The maximum absolute atomic E-state index is 12.8. The molecule has 0 bridgehead atoms. The van der Waals surface area contributed by atoms with Crippen molar-refractivity contribution in [1.82, 2.24) is 9.97 Å². The molecule has 1 aromatic carbocycles. The highest BCUT2D eigenvalue weighted by Crippen LogP contribution is 2.50. The molecule has 3 rings (SSSR count). The minimum absolute atomic E-state index is 0.0557. The Morgan fingerprint density at radius 1 is 1.07 bits per heavy atom. The monoisotopic (exact) mass is 424 g/mol. The van der Waals surface area contributed by atoms with Crippen LogP contribution in [0.25, 0.3) is 11.0 Å². The number of hydrogen-bond donors (Lipinski definition) is 0. The molecule has 10 heteroatoms. The first kappa shape index (κ1) is 21.5. The van der Waals surface area contributed by atoms with Crippen molar-refractivity contribution in [3.8, 4) is 11.5 Å². The van der Waals surface area contributed by atoms with Gasteiger partial charge >= 0.3 is 13.6 Å². The molecule has 1 aromatic heterocycles. The highest BCUT2D eigenvalue weighted by Gasteiger charge is 2.34. The fourth-order valence-electron chi connectivity index (χ4n) is 2.80. The molecule has 0 aliphatic carbocycles. The summed E-state index contributed by atoms with van der Waals surface area (Å²) < 4.78 is 39.6. The van der Waals surface area contributed by atoms with Crippen molar-refractivity contribution in [2.75, 3.05) is 14.2 Å². The van der Waals surface area contributed by atoms with Gasteiger partial charge < -0.3 is 23.3 Å². The molecule has 1 aliphatic heterocycles. The largest absolute Gasteiger partial charge is 0.455 e. The summed E-state index contributed by atoms with van der Waals surface area (Å²) in [5.74, 6) is -0.495. The van der Waals surface area contributed by atoms with Crippen LogP contribution in [0.3, 0.4) is 0 Å². The molecule has 0 saturated heterocycles. The number of ether oxygens (including phenoxy) is 3. The van der Waals surface area contributed by atoms with E-state index < -0.39 is 25.0 Å². The SMILES string of the molecule is COP(=O)(Cc1nc2cc3c(cc2nc1C(=O)OC(C)(C)C)OC(C)(C)O3)OC. The maximum Gasteiger partial charge on any atom is 0.359 e. The quantitative estimate of drug-likeness (QED) is 0.518. The van der Waals surface area contributed by atoms with Crippen molar-refractivity contribution in [2.45, 2.75) is 52.2 Å². The highest BCUT2D eigenvalue weighted by molar-refractivity contribution is 7.52. The van der Waals surface area contributed by atoms with Crippen LogP contribution in [0.2, 0.25) is 0 Å². The highest BCUT2D eigenvalue weighted by atomic mass is 31.2. The molecule has 0 spiro atoms. The van der Waals surface area contributed by atoms with Crippen LogP contribution in [0.5, 0.6) is 11.5 Å². The Kier molecular flexibility index (Phi) is 5.36. The van der Waals surface area contributed by atoms with Crippen LogP contribution in [0.1, 0.15) is 50.8 Å². The molecule has 2 aromatic rings. The first-order valence-corrected chi connectivity index (χ1v) is 10.7. The molecular formula is C19H25N2O7P. The minimum atomic E-state index is -3.50. The van der Waals surface area contributed by atoms with Gasteiger partial charge in [-0.1, -0.05) is 0 Å². The second-order valence-corrected chi connectivity index (χ2v) is 10.3. The number of hydrogen-bond acceptors (Lipinski definition) is 9. The van der Waals surface area contributed by atoms with Gasteiger partial charge in [0, 0.05) is 40.2 Å². The lowest BCUT2D eigenvalue weighted by Gasteiger charge is -2.20. The Morgan fingerprint density at radius 2 is 1.59 bits per heavy atom. The third kappa shape index (κ3) is 4.69. The Hall–Kier alpha value is -2.22. The fourth-order valence-corrected chi connectivity index (χ4v) is 3.79.